The van der Waals surface area contributed by atoms with Gasteiger partial charge in [-0.1, -0.05) is 63.3 Å². The maximum Gasteiger partial charge on any atom is 0.308 e. The lowest BCUT2D eigenvalue weighted by Crippen LogP contribution is -2.33. The van der Waals surface area contributed by atoms with E-state index in [0.29, 0.717) is 26.8 Å². The molecule has 0 spiro atoms. The zero-order valence-corrected chi connectivity index (χ0v) is 24.7. The van der Waals surface area contributed by atoms with E-state index < -0.39 is 28.9 Å². The molecule has 3 unspecified atom stereocenters. The van der Waals surface area contributed by atoms with Gasteiger partial charge in [0.15, 0.2) is 11.5 Å². The number of hydrogen-bond donors (Lipinski definition) is 2. The van der Waals surface area contributed by atoms with Gasteiger partial charge in [-0.2, -0.15) is 0 Å². The predicted octanol–water partition coefficient (Wildman–Crippen LogP) is 4.82. The standard InChI is InChI=1S/C29H22BrN3O6S2/c1-39-20-13-15(7-12-19(20)34)22-23-24(27(37)33(26(23)36)18-10-8-16(30)9-11-18)40-28-25(22)41-29(38)32(28)14-21(35)31-17-5-3-2-4-6-17/h2-13,22-24,34H,14H2,1H3,(H,31,35). The van der Waals surface area contributed by atoms with Crippen molar-refractivity contribution in [2.75, 3.05) is 17.3 Å². The largest absolute Gasteiger partial charge is 0.504 e. The molecular formula is C29H22BrN3O6S2. The number of benzene rings is 3. The van der Waals surface area contributed by atoms with Crippen LogP contribution in [0.5, 0.6) is 11.5 Å². The van der Waals surface area contributed by atoms with Crippen LogP contribution >= 0.6 is 39.0 Å². The molecule has 0 aliphatic carbocycles. The topological polar surface area (TPSA) is 118 Å². The fourth-order valence-corrected chi connectivity index (χ4v) is 8.25. The van der Waals surface area contributed by atoms with Crippen LogP contribution in [0.1, 0.15) is 16.4 Å². The number of para-hydroxylation sites is 1. The normalized spacial score (nSPS) is 19.6. The third-order valence-corrected chi connectivity index (χ3v) is 10.2. The van der Waals surface area contributed by atoms with Crippen molar-refractivity contribution < 1.29 is 24.2 Å². The van der Waals surface area contributed by atoms with Crippen LogP contribution in [-0.2, 0) is 20.9 Å². The van der Waals surface area contributed by atoms with Crippen LogP contribution in [0.25, 0.3) is 0 Å². The van der Waals surface area contributed by atoms with Gasteiger partial charge in [0.05, 0.1) is 23.7 Å². The molecule has 2 aliphatic rings. The molecule has 2 aliphatic heterocycles. The van der Waals surface area contributed by atoms with Gasteiger partial charge in [-0.05, 0) is 54.1 Å². The molecule has 208 valence electrons. The number of thioether (sulfide) groups is 1. The van der Waals surface area contributed by atoms with E-state index in [4.69, 9.17) is 4.74 Å². The van der Waals surface area contributed by atoms with Crippen LogP contribution in [-0.4, -0.2) is 39.8 Å². The highest BCUT2D eigenvalue weighted by Gasteiger charge is 2.57. The van der Waals surface area contributed by atoms with Gasteiger partial charge in [-0.3, -0.25) is 23.7 Å². The fourth-order valence-electron chi connectivity index (χ4n) is 5.21. The third kappa shape index (κ3) is 4.85. The molecule has 1 saturated heterocycles. The van der Waals surface area contributed by atoms with Crippen LogP contribution in [0, 0.1) is 5.92 Å². The second-order valence-electron chi connectivity index (χ2n) is 9.50. The molecular weight excluding hydrogens is 630 g/mol. The zero-order chi connectivity index (χ0) is 28.8. The number of phenols is 1. The lowest BCUT2D eigenvalue weighted by Gasteiger charge is -2.31. The number of methoxy groups -OCH3 is 1. The fraction of sp³-hybridized carbons (Fsp3) is 0.172. The van der Waals surface area contributed by atoms with Gasteiger partial charge in [0.2, 0.25) is 17.7 Å². The van der Waals surface area contributed by atoms with Crippen molar-refractivity contribution in [2.45, 2.75) is 22.7 Å². The molecule has 9 nitrogen and oxygen atoms in total. The van der Waals surface area contributed by atoms with Gasteiger partial charge in [0, 0.05) is 21.0 Å². The first kappa shape index (κ1) is 27.3. The SMILES string of the molecule is COc1cc(C2c3sc(=O)n(CC(=O)Nc4ccccc4)c3SC3C(=O)N(c4ccc(Br)cc4)C(=O)C32)ccc1O. The van der Waals surface area contributed by atoms with E-state index in [9.17, 15) is 24.3 Å². The number of aromatic nitrogens is 1. The first-order valence-electron chi connectivity index (χ1n) is 12.5. The number of rotatable bonds is 6. The Kier molecular flexibility index (Phi) is 7.22. The van der Waals surface area contributed by atoms with Crippen molar-refractivity contribution in [3.8, 4) is 11.5 Å². The van der Waals surface area contributed by atoms with Crippen molar-refractivity contribution in [3.63, 3.8) is 0 Å². The number of imide groups is 1. The number of carbonyl (C=O) groups excluding carboxylic acids is 3. The lowest BCUT2D eigenvalue weighted by molar-refractivity contribution is -0.122. The smallest absolute Gasteiger partial charge is 0.308 e. The number of anilines is 2. The van der Waals surface area contributed by atoms with Gasteiger partial charge >= 0.3 is 4.87 Å². The molecule has 1 aromatic heterocycles. The number of nitrogens with one attached hydrogen (secondary N) is 1. The lowest BCUT2D eigenvalue weighted by atomic mass is 9.83. The van der Waals surface area contributed by atoms with Crippen molar-refractivity contribution >= 4 is 68.1 Å². The number of carbonyl (C=O) groups is 3. The van der Waals surface area contributed by atoms with Crippen LogP contribution in [0.2, 0.25) is 0 Å². The summed E-state index contributed by atoms with van der Waals surface area (Å²) >= 11 is 5.48. The summed E-state index contributed by atoms with van der Waals surface area (Å²) in [5, 5.41) is 12.7. The van der Waals surface area contributed by atoms with Gasteiger partial charge in [0.25, 0.3) is 0 Å². The summed E-state index contributed by atoms with van der Waals surface area (Å²) in [4.78, 5) is 55.4. The molecule has 2 N–H and O–H groups in total. The summed E-state index contributed by atoms with van der Waals surface area (Å²) in [6.45, 7) is -0.256. The minimum atomic E-state index is -0.833. The Morgan fingerprint density at radius 2 is 1.76 bits per heavy atom. The van der Waals surface area contributed by atoms with E-state index in [0.717, 1.165) is 27.6 Å². The van der Waals surface area contributed by atoms with Crippen LogP contribution in [0.4, 0.5) is 11.4 Å². The third-order valence-electron chi connectivity index (χ3n) is 7.06. The van der Waals surface area contributed by atoms with Gasteiger partial charge in [-0.25, -0.2) is 4.90 Å². The van der Waals surface area contributed by atoms with Crippen LogP contribution < -0.4 is 19.8 Å². The van der Waals surface area contributed by atoms with E-state index in [1.807, 2.05) is 6.07 Å². The monoisotopic (exact) mass is 651 g/mol. The summed E-state index contributed by atoms with van der Waals surface area (Å²) in [6.07, 6.45) is 0. The number of hydrogen-bond acceptors (Lipinski definition) is 8. The van der Waals surface area contributed by atoms with Crippen molar-refractivity contribution in [1.29, 1.82) is 0 Å². The van der Waals surface area contributed by atoms with E-state index >= 15 is 0 Å². The molecule has 3 aromatic carbocycles. The number of nitrogens with zero attached hydrogens (tertiary/aromatic N) is 2. The molecule has 4 aromatic rings. The summed E-state index contributed by atoms with van der Waals surface area (Å²) in [5.74, 6) is -2.54. The Morgan fingerprint density at radius 3 is 2.46 bits per heavy atom. The maximum atomic E-state index is 14.0. The quantitative estimate of drug-likeness (QED) is 0.287. The Hall–Kier alpha value is -3.87. The Morgan fingerprint density at radius 1 is 1.02 bits per heavy atom. The Bertz CT molecular complexity index is 1740. The summed E-state index contributed by atoms with van der Waals surface area (Å²) in [5.41, 5.74) is 1.65. The second kappa shape index (κ2) is 10.8. The van der Waals surface area contributed by atoms with E-state index in [1.165, 1.54) is 22.6 Å². The average Bonchev–Trinajstić information content (AvgIpc) is 3.40. The van der Waals surface area contributed by atoms with Gasteiger partial charge in [0.1, 0.15) is 11.8 Å². The van der Waals surface area contributed by atoms with Crippen molar-refractivity contribution in [3.05, 3.63) is 97.4 Å². The van der Waals surface area contributed by atoms with E-state index in [1.54, 1.807) is 60.7 Å². The number of aromatic hydroxyl groups is 1. The summed E-state index contributed by atoms with van der Waals surface area (Å²) in [6, 6.07) is 20.6. The molecule has 3 heterocycles. The Labute approximate surface area is 250 Å². The van der Waals surface area contributed by atoms with Crippen molar-refractivity contribution in [1.82, 2.24) is 4.57 Å². The number of ether oxygens (including phenoxy) is 1. The van der Waals surface area contributed by atoms with E-state index in [-0.39, 0.29) is 28.8 Å². The molecule has 3 atom stereocenters. The first-order chi connectivity index (χ1) is 19.8. The molecule has 41 heavy (non-hydrogen) atoms. The average molecular weight is 653 g/mol. The highest BCUT2D eigenvalue weighted by atomic mass is 79.9. The minimum Gasteiger partial charge on any atom is -0.504 e. The molecule has 1 fully saturated rings. The molecule has 12 heteroatoms. The molecule has 3 amide bonds. The summed E-state index contributed by atoms with van der Waals surface area (Å²) in [7, 11) is 1.42. The van der Waals surface area contributed by atoms with Crippen LogP contribution in [0.15, 0.2) is 87.1 Å². The highest BCUT2D eigenvalue weighted by Crippen LogP contribution is 2.54. The van der Waals surface area contributed by atoms with Crippen LogP contribution in [0.3, 0.4) is 0 Å². The molecule has 0 saturated carbocycles. The number of amides is 3. The zero-order valence-electron chi connectivity index (χ0n) is 21.4. The molecule has 0 bridgehead atoms. The number of thiazole rings is 1. The first-order valence-corrected chi connectivity index (χ1v) is 15.0. The maximum absolute atomic E-state index is 14.0. The highest BCUT2D eigenvalue weighted by molar-refractivity contribution is 9.10. The number of halogens is 1. The summed E-state index contributed by atoms with van der Waals surface area (Å²) < 4.78 is 7.50. The van der Waals surface area contributed by atoms with Gasteiger partial charge < -0.3 is 15.2 Å². The van der Waals surface area contributed by atoms with Crippen molar-refractivity contribution in [2.24, 2.45) is 5.92 Å². The second-order valence-corrected chi connectivity index (χ2v) is 12.5. The van der Waals surface area contributed by atoms with Gasteiger partial charge in [-0.15, -0.1) is 0 Å². The van der Waals surface area contributed by atoms with E-state index in [2.05, 4.69) is 21.2 Å². The molecule has 6 rings (SSSR count). The molecule has 0 radical (unpaired) electrons. The predicted molar refractivity (Wildman–Crippen MR) is 160 cm³/mol. The number of fused-ring (bicyclic) bond motifs is 2. The number of phenolic OH excluding ortho intramolecular Hbond substituents is 1. The minimum absolute atomic E-state index is 0.0770. The Balaban J connectivity index is 1.44.